The van der Waals surface area contributed by atoms with Gasteiger partial charge in [-0.3, -0.25) is 4.57 Å². The number of hydrogen-bond acceptors (Lipinski definition) is 4. The van der Waals surface area contributed by atoms with E-state index in [2.05, 4.69) is 39.0 Å². The Balaban J connectivity index is 1.47. The fourth-order valence-corrected chi connectivity index (χ4v) is 3.41. The molecule has 0 spiro atoms. The SMILES string of the molecule is CN1CCN(c2cccc3c2ncn3C(=O)NCC#Cc2cccc(F)c2)CC1. The molecule has 1 aromatic heterocycles. The monoisotopic (exact) mass is 391 g/mol. The third-order valence-corrected chi connectivity index (χ3v) is 5.00. The second kappa shape index (κ2) is 8.33. The van der Waals surface area contributed by atoms with Crippen LogP contribution in [0.1, 0.15) is 5.56 Å². The standard InChI is InChI=1S/C22H22FN5O/c1-26-11-13-27(14-12-26)19-8-3-9-20-21(19)25-16-28(20)22(29)24-10-4-6-17-5-2-7-18(23)15-17/h2-3,5,7-9,15-16H,10-14H2,1H3,(H,24,29). The molecule has 0 radical (unpaired) electrons. The molecule has 1 aliphatic rings. The van der Waals surface area contributed by atoms with Crippen LogP contribution in [0.3, 0.4) is 0 Å². The van der Waals surface area contributed by atoms with Gasteiger partial charge >= 0.3 is 6.03 Å². The van der Waals surface area contributed by atoms with Crippen molar-refractivity contribution >= 4 is 22.8 Å². The Labute approximate surface area is 168 Å². The van der Waals surface area contributed by atoms with Gasteiger partial charge in [0, 0.05) is 31.7 Å². The van der Waals surface area contributed by atoms with Crippen LogP contribution in [0.5, 0.6) is 0 Å². The van der Waals surface area contributed by atoms with Crippen molar-refractivity contribution in [3.05, 3.63) is 60.2 Å². The third kappa shape index (κ3) is 4.23. The molecule has 0 bridgehead atoms. The van der Waals surface area contributed by atoms with Crippen LogP contribution in [0.2, 0.25) is 0 Å². The van der Waals surface area contributed by atoms with E-state index in [4.69, 9.17) is 0 Å². The number of hydrogen-bond donors (Lipinski definition) is 1. The molecule has 1 amide bonds. The average Bonchev–Trinajstić information content (AvgIpc) is 3.16. The first-order valence-corrected chi connectivity index (χ1v) is 9.54. The van der Waals surface area contributed by atoms with Crippen LogP contribution in [-0.4, -0.2) is 60.3 Å². The van der Waals surface area contributed by atoms with Crippen LogP contribution in [0, 0.1) is 17.7 Å². The van der Waals surface area contributed by atoms with Gasteiger partial charge in [-0.25, -0.2) is 14.2 Å². The van der Waals surface area contributed by atoms with E-state index in [-0.39, 0.29) is 18.4 Å². The van der Waals surface area contributed by atoms with E-state index in [1.165, 1.54) is 16.7 Å². The van der Waals surface area contributed by atoms with Gasteiger partial charge in [-0.05, 0) is 37.4 Å². The van der Waals surface area contributed by atoms with Crippen molar-refractivity contribution < 1.29 is 9.18 Å². The second-order valence-corrected chi connectivity index (χ2v) is 7.02. The van der Waals surface area contributed by atoms with Crippen LogP contribution in [0.15, 0.2) is 48.8 Å². The van der Waals surface area contributed by atoms with Crippen LogP contribution in [0.25, 0.3) is 11.0 Å². The first-order chi connectivity index (χ1) is 14.1. The molecule has 7 heteroatoms. The Morgan fingerprint density at radius 3 is 2.76 bits per heavy atom. The molecule has 3 aromatic rings. The Morgan fingerprint density at radius 1 is 1.17 bits per heavy atom. The quantitative estimate of drug-likeness (QED) is 0.682. The number of nitrogens with zero attached hydrogens (tertiary/aromatic N) is 4. The van der Waals surface area contributed by atoms with Gasteiger partial charge in [0.2, 0.25) is 0 Å². The minimum atomic E-state index is -0.332. The molecule has 148 valence electrons. The van der Waals surface area contributed by atoms with E-state index in [1.807, 2.05) is 18.2 Å². The minimum Gasteiger partial charge on any atom is -0.367 e. The van der Waals surface area contributed by atoms with Gasteiger partial charge in [0.05, 0.1) is 17.7 Å². The molecule has 6 nitrogen and oxygen atoms in total. The Kier molecular flexibility index (Phi) is 5.45. The number of piperazine rings is 1. The van der Waals surface area contributed by atoms with E-state index >= 15 is 0 Å². The summed E-state index contributed by atoms with van der Waals surface area (Å²) in [5.41, 5.74) is 3.20. The number of carbonyl (C=O) groups excluding carboxylic acids is 1. The normalized spacial score (nSPS) is 14.5. The van der Waals surface area contributed by atoms with E-state index in [9.17, 15) is 9.18 Å². The molecule has 4 rings (SSSR count). The lowest BCUT2D eigenvalue weighted by atomic mass is 10.2. The molecule has 1 fully saturated rings. The third-order valence-electron chi connectivity index (χ3n) is 5.00. The number of halogens is 1. The van der Waals surface area contributed by atoms with E-state index < -0.39 is 0 Å². The number of aromatic nitrogens is 2. The Bertz CT molecular complexity index is 1090. The highest BCUT2D eigenvalue weighted by Gasteiger charge is 2.19. The molecule has 0 saturated carbocycles. The number of nitrogens with one attached hydrogen (secondary N) is 1. The van der Waals surface area contributed by atoms with Crippen molar-refractivity contribution in [1.29, 1.82) is 0 Å². The van der Waals surface area contributed by atoms with Crippen LogP contribution >= 0.6 is 0 Å². The lowest BCUT2D eigenvalue weighted by Gasteiger charge is -2.34. The van der Waals surface area contributed by atoms with Crippen molar-refractivity contribution in [2.24, 2.45) is 0 Å². The minimum absolute atomic E-state index is 0.160. The average molecular weight is 391 g/mol. The molecule has 0 aliphatic carbocycles. The number of imidazole rings is 1. The zero-order chi connectivity index (χ0) is 20.2. The van der Waals surface area contributed by atoms with E-state index in [0.29, 0.717) is 5.56 Å². The van der Waals surface area contributed by atoms with Crippen molar-refractivity contribution in [3.8, 4) is 11.8 Å². The largest absolute Gasteiger partial charge is 0.367 e. The maximum atomic E-state index is 13.2. The summed E-state index contributed by atoms with van der Waals surface area (Å²) in [6, 6.07) is 11.6. The second-order valence-electron chi connectivity index (χ2n) is 7.02. The first-order valence-electron chi connectivity index (χ1n) is 9.54. The summed E-state index contributed by atoms with van der Waals surface area (Å²) >= 11 is 0. The summed E-state index contributed by atoms with van der Waals surface area (Å²) in [4.78, 5) is 21.7. The predicted molar refractivity (Wildman–Crippen MR) is 112 cm³/mol. The molecule has 29 heavy (non-hydrogen) atoms. The van der Waals surface area contributed by atoms with Gasteiger partial charge in [-0.15, -0.1) is 0 Å². The maximum absolute atomic E-state index is 13.2. The summed E-state index contributed by atoms with van der Waals surface area (Å²) in [5, 5.41) is 2.76. The molecule has 1 saturated heterocycles. The highest BCUT2D eigenvalue weighted by atomic mass is 19.1. The number of anilines is 1. The molecule has 2 heterocycles. The fourth-order valence-electron chi connectivity index (χ4n) is 3.41. The number of benzene rings is 2. The predicted octanol–water partition coefficient (Wildman–Crippen LogP) is 2.54. The van der Waals surface area contributed by atoms with Gasteiger partial charge < -0.3 is 15.1 Å². The summed E-state index contributed by atoms with van der Waals surface area (Å²) in [6.45, 7) is 4.03. The highest BCUT2D eigenvalue weighted by molar-refractivity contribution is 5.95. The van der Waals surface area contributed by atoms with Crippen LogP contribution < -0.4 is 10.2 Å². The highest BCUT2D eigenvalue weighted by Crippen LogP contribution is 2.26. The molecular weight excluding hydrogens is 369 g/mol. The maximum Gasteiger partial charge on any atom is 0.328 e. The lowest BCUT2D eigenvalue weighted by Crippen LogP contribution is -2.44. The number of likely N-dealkylation sites (N-methyl/N-ethyl adjacent to an activating group) is 1. The van der Waals surface area contributed by atoms with E-state index in [1.54, 1.807) is 18.5 Å². The van der Waals surface area contributed by atoms with Crippen LogP contribution in [-0.2, 0) is 0 Å². The van der Waals surface area contributed by atoms with Gasteiger partial charge in [-0.1, -0.05) is 24.0 Å². The van der Waals surface area contributed by atoms with E-state index in [0.717, 1.165) is 42.9 Å². The number of fused-ring (bicyclic) bond motifs is 1. The zero-order valence-corrected chi connectivity index (χ0v) is 16.2. The van der Waals surface area contributed by atoms with Crippen molar-refractivity contribution in [3.63, 3.8) is 0 Å². The first kappa shape index (κ1) is 19.0. The number of amides is 1. The topological polar surface area (TPSA) is 53.4 Å². The number of carbonyl (C=O) groups is 1. The Morgan fingerprint density at radius 2 is 1.97 bits per heavy atom. The summed E-state index contributed by atoms with van der Waals surface area (Å²) in [6.07, 6.45) is 1.54. The van der Waals surface area contributed by atoms with Gasteiger partial charge in [0.15, 0.2) is 0 Å². The zero-order valence-electron chi connectivity index (χ0n) is 16.2. The smallest absolute Gasteiger partial charge is 0.328 e. The number of para-hydroxylation sites is 1. The summed E-state index contributed by atoms with van der Waals surface area (Å²) in [7, 11) is 2.12. The molecule has 2 aromatic carbocycles. The fraction of sp³-hybridized carbons (Fsp3) is 0.273. The summed E-state index contributed by atoms with van der Waals surface area (Å²) < 4.78 is 14.7. The molecular formula is C22H22FN5O. The van der Waals surface area contributed by atoms with Crippen molar-refractivity contribution in [1.82, 2.24) is 19.8 Å². The van der Waals surface area contributed by atoms with Crippen molar-refractivity contribution in [2.45, 2.75) is 0 Å². The number of rotatable bonds is 2. The van der Waals surface area contributed by atoms with Gasteiger partial charge in [0.25, 0.3) is 0 Å². The molecule has 0 atom stereocenters. The molecule has 1 aliphatic heterocycles. The van der Waals surface area contributed by atoms with Gasteiger partial charge in [-0.2, -0.15) is 0 Å². The van der Waals surface area contributed by atoms with Crippen LogP contribution in [0.4, 0.5) is 14.9 Å². The molecule has 1 N–H and O–H groups in total. The summed E-state index contributed by atoms with van der Waals surface area (Å²) in [5.74, 6) is 5.35. The van der Waals surface area contributed by atoms with Gasteiger partial charge in [0.1, 0.15) is 17.7 Å². The Hall–Kier alpha value is -3.37. The molecule has 0 unspecified atom stereocenters. The van der Waals surface area contributed by atoms with Crippen molar-refractivity contribution in [2.75, 3.05) is 44.7 Å². The lowest BCUT2D eigenvalue weighted by molar-refractivity contribution is 0.244.